The van der Waals surface area contributed by atoms with E-state index in [1.165, 1.54) is 12.3 Å². The number of hydrogen-bond donors (Lipinski definition) is 1. The number of hydrogen-bond acceptors (Lipinski definition) is 6. The Bertz CT molecular complexity index is 1200. The van der Waals surface area contributed by atoms with Gasteiger partial charge in [0.15, 0.2) is 17.4 Å². The van der Waals surface area contributed by atoms with Gasteiger partial charge in [-0.25, -0.2) is 23.4 Å². The van der Waals surface area contributed by atoms with Crippen molar-refractivity contribution in [1.82, 2.24) is 9.97 Å². The van der Waals surface area contributed by atoms with Crippen LogP contribution in [-0.2, 0) is 9.47 Å². The number of pyridine rings is 1. The second kappa shape index (κ2) is 9.21. The molecule has 0 bridgehead atoms. The number of nitrogens with one attached hydrogen (secondary N) is 1. The summed E-state index contributed by atoms with van der Waals surface area (Å²) in [7, 11) is 0. The van der Waals surface area contributed by atoms with Crippen LogP contribution in [0.1, 0.15) is 41.5 Å². The number of imide groups is 1. The molecular weight excluding hydrogens is 516 g/mol. The van der Waals surface area contributed by atoms with Crippen molar-refractivity contribution >= 4 is 44.8 Å². The van der Waals surface area contributed by atoms with Crippen LogP contribution in [0.5, 0.6) is 11.5 Å². The number of ether oxygens (including phenoxy) is 3. The number of carbonyl (C=O) groups excluding carboxylic acids is 2. The lowest BCUT2D eigenvalue weighted by atomic mass is 10.2. The van der Waals surface area contributed by atoms with Crippen LogP contribution in [0.25, 0.3) is 11.0 Å². The number of rotatable bonds is 3. The molecule has 3 rings (SSSR count). The third-order valence-electron chi connectivity index (χ3n) is 4.09. The van der Waals surface area contributed by atoms with Gasteiger partial charge in [0.2, 0.25) is 0 Å². The lowest BCUT2D eigenvalue weighted by molar-refractivity contribution is 0.0430. The molecule has 0 saturated heterocycles. The van der Waals surface area contributed by atoms with Crippen molar-refractivity contribution in [2.24, 2.45) is 0 Å². The highest BCUT2D eigenvalue weighted by Gasteiger charge is 2.34. The lowest BCUT2D eigenvalue weighted by Gasteiger charge is -2.28. The van der Waals surface area contributed by atoms with E-state index < -0.39 is 46.5 Å². The summed E-state index contributed by atoms with van der Waals surface area (Å²) in [6, 6.07) is 3.02. The minimum absolute atomic E-state index is 0.139. The first-order valence-electron chi connectivity index (χ1n) is 10.2. The van der Waals surface area contributed by atoms with Crippen molar-refractivity contribution in [2.75, 3.05) is 4.90 Å². The molecule has 2 heterocycles. The number of fused-ring (bicyclic) bond motifs is 1. The molecule has 0 atom stereocenters. The largest absolute Gasteiger partial charge is 0.450 e. The van der Waals surface area contributed by atoms with E-state index in [9.17, 15) is 9.59 Å². The van der Waals surface area contributed by atoms with Gasteiger partial charge in [-0.3, -0.25) is 0 Å². The fraction of sp³-hybridized carbons (Fsp3) is 0.348. The summed E-state index contributed by atoms with van der Waals surface area (Å²) in [5, 5.41) is 0.481. The van der Waals surface area contributed by atoms with Crippen LogP contribution in [0.15, 0.2) is 35.1 Å². The number of aromatic nitrogens is 2. The highest BCUT2D eigenvalue weighted by atomic mass is 79.9. The van der Waals surface area contributed by atoms with Gasteiger partial charge in [-0.05, 0) is 63.5 Å². The lowest BCUT2D eigenvalue weighted by Crippen LogP contribution is -2.43. The summed E-state index contributed by atoms with van der Waals surface area (Å²) in [6.07, 6.45) is 0.722. The third-order valence-corrected chi connectivity index (χ3v) is 4.72. The number of nitrogens with zero attached hydrogens (tertiary/aromatic N) is 2. The van der Waals surface area contributed by atoms with E-state index in [4.69, 9.17) is 14.2 Å². The molecule has 0 saturated carbocycles. The van der Waals surface area contributed by atoms with E-state index in [0.29, 0.717) is 20.4 Å². The van der Waals surface area contributed by atoms with E-state index >= 15 is 8.78 Å². The Kier molecular flexibility index (Phi) is 6.88. The van der Waals surface area contributed by atoms with Crippen molar-refractivity contribution in [2.45, 2.75) is 52.7 Å². The van der Waals surface area contributed by atoms with Crippen molar-refractivity contribution in [3.8, 4) is 11.5 Å². The molecule has 8 nitrogen and oxygen atoms in total. The van der Waals surface area contributed by atoms with Crippen LogP contribution >= 0.6 is 15.9 Å². The molecule has 0 radical (unpaired) electrons. The number of benzene rings is 1. The van der Waals surface area contributed by atoms with E-state index in [1.807, 2.05) is 0 Å². The summed E-state index contributed by atoms with van der Waals surface area (Å²) in [5.74, 6) is -2.88. The van der Waals surface area contributed by atoms with E-state index in [1.54, 1.807) is 47.7 Å². The number of anilines is 1. The van der Waals surface area contributed by atoms with Gasteiger partial charge in [0.05, 0.1) is 11.1 Å². The van der Waals surface area contributed by atoms with Crippen LogP contribution in [0.3, 0.4) is 0 Å². The smallest absolute Gasteiger partial charge is 0.424 e. The predicted molar refractivity (Wildman–Crippen MR) is 125 cm³/mol. The second-order valence-corrected chi connectivity index (χ2v) is 10.2. The molecule has 1 aromatic carbocycles. The van der Waals surface area contributed by atoms with E-state index in [2.05, 4.69) is 25.9 Å². The van der Waals surface area contributed by atoms with Crippen LogP contribution in [0.4, 0.5) is 24.1 Å². The van der Waals surface area contributed by atoms with Gasteiger partial charge in [0, 0.05) is 29.0 Å². The predicted octanol–water partition coefficient (Wildman–Crippen LogP) is 7.07. The Labute approximate surface area is 203 Å². The summed E-state index contributed by atoms with van der Waals surface area (Å²) in [6.45, 7) is 9.53. The average molecular weight is 540 g/mol. The first-order chi connectivity index (χ1) is 15.7. The molecule has 34 heavy (non-hydrogen) atoms. The van der Waals surface area contributed by atoms with Crippen LogP contribution < -0.4 is 9.64 Å². The quantitative estimate of drug-likeness (QED) is 0.382. The molecule has 182 valence electrons. The Morgan fingerprint density at radius 2 is 1.53 bits per heavy atom. The fourth-order valence-electron chi connectivity index (χ4n) is 2.86. The van der Waals surface area contributed by atoms with Gasteiger partial charge in [-0.15, -0.1) is 0 Å². The SMILES string of the molecule is CC(C)(C)OC(=O)N(C(=O)OC(C)(C)C)c1cc(F)c(Oc2ccnc3[nH]cc(Br)c23)c(F)c1. The van der Waals surface area contributed by atoms with Crippen LogP contribution in [-0.4, -0.2) is 33.4 Å². The van der Waals surface area contributed by atoms with E-state index in [-0.39, 0.29) is 5.75 Å². The molecule has 11 heteroatoms. The zero-order chi connectivity index (χ0) is 25.4. The molecule has 2 aromatic heterocycles. The number of halogens is 3. The normalized spacial score (nSPS) is 11.9. The Balaban J connectivity index is 2.02. The maximum Gasteiger partial charge on any atom is 0.424 e. The molecule has 0 aliphatic heterocycles. The highest BCUT2D eigenvalue weighted by Crippen LogP contribution is 2.37. The standard InChI is InChI=1S/C23H24BrF2N3O5/c1-22(2,3)33-20(30)29(21(31)34-23(4,5)6)12-9-14(25)18(15(26)10-12)32-16-7-8-27-19-17(16)13(24)11-28-19/h7-11H,1-6H3,(H,27,28). The number of H-pyrrole nitrogens is 1. The Hall–Kier alpha value is -3.21. The minimum atomic E-state index is -1.15. The number of carbonyl (C=O) groups is 2. The molecule has 0 unspecified atom stereocenters. The maximum absolute atomic E-state index is 15.1. The zero-order valence-electron chi connectivity index (χ0n) is 19.5. The van der Waals surface area contributed by atoms with Gasteiger partial charge in [-0.2, -0.15) is 4.90 Å². The minimum Gasteiger partial charge on any atom is -0.450 e. The van der Waals surface area contributed by atoms with Crippen molar-refractivity contribution < 1.29 is 32.6 Å². The van der Waals surface area contributed by atoms with E-state index in [0.717, 1.165) is 12.1 Å². The van der Waals surface area contributed by atoms with Crippen molar-refractivity contribution in [3.05, 3.63) is 46.7 Å². The summed E-state index contributed by atoms with van der Waals surface area (Å²) in [5.41, 5.74) is -1.93. The number of amides is 2. The van der Waals surface area contributed by atoms with Crippen LogP contribution in [0, 0.1) is 11.6 Å². The van der Waals surface area contributed by atoms with Gasteiger partial charge in [0.25, 0.3) is 0 Å². The molecular formula is C23H24BrF2N3O5. The molecule has 0 fully saturated rings. The monoisotopic (exact) mass is 539 g/mol. The Morgan fingerprint density at radius 1 is 1.00 bits per heavy atom. The average Bonchev–Trinajstić information content (AvgIpc) is 3.04. The molecule has 0 spiro atoms. The molecule has 1 N–H and O–H groups in total. The molecule has 3 aromatic rings. The molecule has 0 aliphatic carbocycles. The highest BCUT2D eigenvalue weighted by molar-refractivity contribution is 9.10. The fourth-order valence-corrected chi connectivity index (χ4v) is 3.35. The van der Waals surface area contributed by atoms with Gasteiger partial charge in [0.1, 0.15) is 22.6 Å². The third kappa shape index (κ3) is 5.82. The molecule has 0 aliphatic rings. The molecule has 2 amide bonds. The maximum atomic E-state index is 15.1. The topological polar surface area (TPSA) is 93.8 Å². The first-order valence-corrected chi connectivity index (χ1v) is 11.0. The van der Waals surface area contributed by atoms with Gasteiger partial charge >= 0.3 is 12.2 Å². The number of aromatic amines is 1. The Morgan fingerprint density at radius 3 is 2.03 bits per heavy atom. The van der Waals surface area contributed by atoms with Crippen molar-refractivity contribution in [1.29, 1.82) is 0 Å². The second-order valence-electron chi connectivity index (χ2n) is 9.31. The summed E-state index contributed by atoms with van der Waals surface area (Å²) < 4.78 is 46.7. The first kappa shape index (κ1) is 25.4. The summed E-state index contributed by atoms with van der Waals surface area (Å²) in [4.78, 5) is 32.9. The van der Waals surface area contributed by atoms with Gasteiger partial charge in [-0.1, -0.05) is 0 Å². The zero-order valence-corrected chi connectivity index (χ0v) is 21.0. The van der Waals surface area contributed by atoms with Crippen LogP contribution in [0.2, 0.25) is 0 Å². The van der Waals surface area contributed by atoms with Crippen molar-refractivity contribution in [3.63, 3.8) is 0 Å². The van der Waals surface area contributed by atoms with Gasteiger partial charge < -0.3 is 19.2 Å². The summed E-state index contributed by atoms with van der Waals surface area (Å²) >= 11 is 3.33.